The fourth-order valence-corrected chi connectivity index (χ4v) is 1.20. The number of carboxylic acid groups (broad SMARTS) is 1. The van der Waals surface area contributed by atoms with E-state index >= 15 is 0 Å². The van der Waals surface area contributed by atoms with E-state index in [2.05, 4.69) is 5.32 Å². The number of nitrogen functional groups attached to an aromatic ring is 1. The van der Waals surface area contributed by atoms with Crippen molar-refractivity contribution in [1.82, 2.24) is 0 Å². The Morgan fingerprint density at radius 1 is 1.47 bits per heavy atom. The Kier molecular flexibility index (Phi) is 3.28. The van der Waals surface area contributed by atoms with E-state index in [1.165, 1.54) is 6.92 Å². The van der Waals surface area contributed by atoms with Crippen LogP contribution in [0.3, 0.4) is 0 Å². The van der Waals surface area contributed by atoms with E-state index in [1.54, 1.807) is 18.2 Å². The van der Waals surface area contributed by atoms with E-state index in [9.17, 15) is 9.59 Å². The zero-order chi connectivity index (χ0) is 11.4. The molecule has 0 atom stereocenters. The highest BCUT2D eigenvalue weighted by atomic mass is 16.4. The molecule has 80 valence electrons. The van der Waals surface area contributed by atoms with Crippen molar-refractivity contribution in [3.05, 3.63) is 23.8 Å². The Morgan fingerprint density at radius 2 is 2.13 bits per heavy atom. The van der Waals surface area contributed by atoms with Gasteiger partial charge in [-0.3, -0.25) is 9.59 Å². The molecule has 0 heterocycles. The lowest BCUT2D eigenvalue weighted by molar-refractivity contribution is -0.136. The quantitative estimate of drug-likeness (QED) is 0.642. The van der Waals surface area contributed by atoms with Crippen LogP contribution in [-0.2, 0) is 16.0 Å². The van der Waals surface area contributed by atoms with E-state index in [4.69, 9.17) is 10.8 Å². The van der Waals surface area contributed by atoms with Crippen molar-refractivity contribution in [1.29, 1.82) is 0 Å². The predicted octanol–water partition coefficient (Wildman–Crippen LogP) is 0.854. The zero-order valence-corrected chi connectivity index (χ0v) is 8.28. The van der Waals surface area contributed by atoms with Gasteiger partial charge in [-0.25, -0.2) is 0 Å². The Morgan fingerprint density at radius 3 is 2.60 bits per heavy atom. The van der Waals surface area contributed by atoms with Gasteiger partial charge in [0.15, 0.2) is 0 Å². The van der Waals surface area contributed by atoms with Gasteiger partial charge >= 0.3 is 5.97 Å². The van der Waals surface area contributed by atoms with Gasteiger partial charge in [0.1, 0.15) is 0 Å². The molecule has 15 heavy (non-hydrogen) atoms. The number of hydrogen-bond acceptors (Lipinski definition) is 3. The lowest BCUT2D eigenvalue weighted by atomic mass is 10.1. The minimum Gasteiger partial charge on any atom is -0.481 e. The summed E-state index contributed by atoms with van der Waals surface area (Å²) in [6.07, 6.45) is -0.0788. The number of carboxylic acids is 1. The molecule has 0 unspecified atom stereocenters. The molecule has 0 aliphatic carbocycles. The van der Waals surface area contributed by atoms with Crippen molar-refractivity contribution in [2.75, 3.05) is 11.1 Å². The van der Waals surface area contributed by atoms with E-state index < -0.39 is 5.97 Å². The van der Waals surface area contributed by atoms with Crippen LogP contribution in [0.5, 0.6) is 0 Å². The molecule has 0 aromatic heterocycles. The predicted molar refractivity (Wildman–Crippen MR) is 56.5 cm³/mol. The summed E-state index contributed by atoms with van der Waals surface area (Å²) in [5, 5.41) is 11.1. The minimum atomic E-state index is -0.915. The van der Waals surface area contributed by atoms with Crippen molar-refractivity contribution < 1.29 is 14.7 Å². The molecule has 1 rings (SSSR count). The first-order valence-corrected chi connectivity index (χ1v) is 4.37. The largest absolute Gasteiger partial charge is 0.481 e. The molecule has 5 nitrogen and oxygen atoms in total. The molecule has 0 bridgehead atoms. The highest BCUT2D eigenvalue weighted by molar-refractivity contribution is 5.92. The smallest absolute Gasteiger partial charge is 0.307 e. The fraction of sp³-hybridized carbons (Fsp3) is 0.200. The fourth-order valence-electron chi connectivity index (χ4n) is 1.20. The van der Waals surface area contributed by atoms with Crippen LogP contribution in [0.25, 0.3) is 0 Å². The number of anilines is 2. The van der Waals surface area contributed by atoms with E-state index in [1.807, 2.05) is 0 Å². The summed E-state index contributed by atoms with van der Waals surface area (Å²) in [6, 6.07) is 4.75. The number of hydrogen-bond donors (Lipinski definition) is 3. The van der Waals surface area contributed by atoms with Gasteiger partial charge in [0.2, 0.25) is 5.91 Å². The molecule has 1 amide bonds. The van der Waals surface area contributed by atoms with Gasteiger partial charge in [0.05, 0.1) is 17.8 Å². The maximum absolute atomic E-state index is 10.8. The van der Waals surface area contributed by atoms with Crippen LogP contribution in [-0.4, -0.2) is 17.0 Å². The normalized spacial score (nSPS) is 9.67. The molecule has 0 saturated heterocycles. The highest BCUT2D eigenvalue weighted by Gasteiger charge is 2.05. The van der Waals surface area contributed by atoms with Gasteiger partial charge in [-0.05, 0) is 17.7 Å². The number of carbonyl (C=O) groups is 2. The number of carbonyl (C=O) groups excluding carboxylic acids is 1. The van der Waals surface area contributed by atoms with Gasteiger partial charge < -0.3 is 16.2 Å². The summed E-state index contributed by atoms with van der Waals surface area (Å²) in [5.74, 6) is -1.13. The van der Waals surface area contributed by atoms with Gasteiger partial charge in [0, 0.05) is 6.92 Å². The van der Waals surface area contributed by atoms with Crippen molar-refractivity contribution in [2.24, 2.45) is 0 Å². The zero-order valence-electron chi connectivity index (χ0n) is 8.28. The highest BCUT2D eigenvalue weighted by Crippen LogP contribution is 2.19. The van der Waals surface area contributed by atoms with Crippen molar-refractivity contribution in [2.45, 2.75) is 13.3 Å². The Bertz CT molecular complexity index is 402. The van der Waals surface area contributed by atoms with E-state index in [0.29, 0.717) is 16.9 Å². The SMILES string of the molecule is CC(=O)Nc1ccc(CC(=O)O)cc1N. The van der Waals surface area contributed by atoms with Crippen LogP contribution in [0.2, 0.25) is 0 Å². The van der Waals surface area contributed by atoms with E-state index in [0.717, 1.165) is 0 Å². The number of nitrogens with two attached hydrogens (primary N) is 1. The van der Waals surface area contributed by atoms with Crippen LogP contribution >= 0.6 is 0 Å². The molecule has 0 aliphatic heterocycles. The number of benzene rings is 1. The lowest BCUT2D eigenvalue weighted by Gasteiger charge is -2.07. The van der Waals surface area contributed by atoms with Gasteiger partial charge in [-0.1, -0.05) is 6.07 Å². The third-order valence-corrected chi connectivity index (χ3v) is 1.78. The summed E-state index contributed by atoms with van der Waals surface area (Å²) in [6.45, 7) is 1.38. The van der Waals surface area contributed by atoms with Gasteiger partial charge in [-0.15, -0.1) is 0 Å². The molecular formula is C10H12N2O3. The molecule has 0 spiro atoms. The third-order valence-electron chi connectivity index (χ3n) is 1.78. The molecular weight excluding hydrogens is 196 g/mol. The summed E-state index contributed by atoms with van der Waals surface area (Å²) < 4.78 is 0. The topological polar surface area (TPSA) is 92.4 Å². The molecule has 0 radical (unpaired) electrons. The van der Waals surface area contributed by atoms with E-state index in [-0.39, 0.29) is 12.3 Å². The molecule has 4 N–H and O–H groups in total. The lowest BCUT2D eigenvalue weighted by Crippen LogP contribution is -2.09. The Labute approximate surface area is 86.9 Å². The second-order valence-electron chi connectivity index (χ2n) is 3.17. The average Bonchev–Trinajstić information content (AvgIpc) is 2.08. The second-order valence-corrected chi connectivity index (χ2v) is 3.17. The first-order valence-electron chi connectivity index (χ1n) is 4.37. The second kappa shape index (κ2) is 4.45. The number of aliphatic carboxylic acids is 1. The molecule has 0 saturated carbocycles. The average molecular weight is 208 g/mol. The summed E-state index contributed by atoms with van der Waals surface area (Å²) in [4.78, 5) is 21.2. The van der Waals surface area contributed by atoms with Crippen LogP contribution in [0.1, 0.15) is 12.5 Å². The molecule has 0 aliphatic rings. The van der Waals surface area contributed by atoms with Crippen LogP contribution < -0.4 is 11.1 Å². The standard InChI is InChI=1S/C10H12N2O3/c1-6(13)12-9-3-2-7(4-8(9)11)5-10(14)15/h2-4H,5,11H2,1H3,(H,12,13)(H,14,15). The number of nitrogens with one attached hydrogen (secondary N) is 1. The number of rotatable bonds is 3. The van der Waals surface area contributed by atoms with Gasteiger partial charge in [-0.2, -0.15) is 0 Å². The Balaban J connectivity index is 2.87. The Hall–Kier alpha value is -2.04. The summed E-state index contributed by atoms with van der Waals surface area (Å²) in [7, 11) is 0. The molecule has 5 heteroatoms. The maximum atomic E-state index is 10.8. The monoisotopic (exact) mass is 208 g/mol. The molecule has 1 aromatic carbocycles. The third kappa shape index (κ3) is 3.30. The van der Waals surface area contributed by atoms with Crippen molar-refractivity contribution in [3.8, 4) is 0 Å². The van der Waals surface area contributed by atoms with Crippen LogP contribution in [0.4, 0.5) is 11.4 Å². The van der Waals surface area contributed by atoms with Crippen molar-refractivity contribution in [3.63, 3.8) is 0 Å². The summed E-state index contributed by atoms with van der Waals surface area (Å²) in [5.41, 5.74) is 7.11. The van der Waals surface area contributed by atoms with Crippen LogP contribution in [0, 0.1) is 0 Å². The van der Waals surface area contributed by atoms with Crippen molar-refractivity contribution >= 4 is 23.3 Å². The van der Waals surface area contributed by atoms with Crippen LogP contribution in [0.15, 0.2) is 18.2 Å². The number of amides is 1. The molecule has 1 aromatic rings. The minimum absolute atomic E-state index is 0.0788. The first-order chi connectivity index (χ1) is 6.99. The maximum Gasteiger partial charge on any atom is 0.307 e. The first kappa shape index (κ1) is 11.0. The molecule has 0 fully saturated rings. The van der Waals surface area contributed by atoms with Gasteiger partial charge in [0.25, 0.3) is 0 Å². The summed E-state index contributed by atoms with van der Waals surface area (Å²) >= 11 is 0.